The summed E-state index contributed by atoms with van der Waals surface area (Å²) in [7, 11) is 0. The third-order valence-corrected chi connectivity index (χ3v) is 8.22. The van der Waals surface area contributed by atoms with E-state index in [1.165, 1.54) is 11.3 Å². The van der Waals surface area contributed by atoms with E-state index in [2.05, 4.69) is 48.4 Å². The lowest BCUT2D eigenvalue weighted by atomic mass is 9.97. The fourth-order valence-corrected chi connectivity index (χ4v) is 6.24. The van der Waals surface area contributed by atoms with E-state index in [1.54, 1.807) is 29.9 Å². The summed E-state index contributed by atoms with van der Waals surface area (Å²) in [4.78, 5) is 33.7. The molecule has 0 spiro atoms. The Hall–Kier alpha value is -2.49. The Morgan fingerprint density at radius 2 is 2.00 bits per heavy atom. The molecule has 1 aliphatic rings. The molecular formula is C23H20BrN5OS2. The van der Waals surface area contributed by atoms with Gasteiger partial charge >= 0.3 is 0 Å². The maximum absolute atomic E-state index is 13.2. The maximum atomic E-state index is 13.2. The first kappa shape index (κ1) is 21.4. The van der Waals surface area contributed by atoms with Gasteiger partial charge in [0.05, 0.1) is 22.6 Å². The predicted octanol–water partition coefficient (Wildman–Crippen LogP) is 5.81. The number of amides is 1. The van der Waals surface area contributed by atoms with E-state index in [1.807, 2.05) is 24.0 Å². The normalized spacial score (nSPS) is 14.6. The summed E-state index contributed by atoms with van der Waals surface area (Å²) >= 11 is 6.64. The summed E-state index contributed by atoms with van der Waals surface area (Å²) in [6.45, 7) is 3.34. The summed E-state index contributed by atoms with van der Waals surface area (Å²) < 4.78 is 1.05. The lowest BCUT2D eigenvalue weighted by Crippen LogP contribution is -2.37. The highest BCUT2D eigenvalue weighted by Crippen LogP contribution is 2.35. The van der Waals surface area contributed by atoms with Gasteiger partial charge in [-0.1, -0.05) is 28.1 Å². The maximum Gasteiger partial charge on any atom is 0.265 e. The topological polar surface area (TPSA) is 71.9 Å². The first-order chi connectivity index (χ1) is 15.6. The Labute approximate surface area is 202 Å². The number of rotatable bonds is 4. The van der Waals surface area contributed by atoms with Crippen molar-refractivity contribution >= 4 is 44.5 Å². The predicted molar refractivity (Wildman–Crippen MR) is 131 cm³/mol. The molecule has 1 aromatic carbocycles. The average Bonchev–Trinajstić information content (AvgIpc) is 3.47. The minimum Gasteiger partial charge on any atom is -0.338 e. The quantitative estimate of drug-likeness (QED) is 0.336. The van der Waals surface area contributed by atoms with Gasteiger partial charge in [-0.3, -0.25) is 14.8 Å². The van der Waals surface area contributed by atoms with Crippen molar-refractivity contribution in [3.05, 3.63) is 68.3 Å². The van der Waals surface area contributed by atoms with Gasteiger partial charge in [-0.05, 0) is 31.9 Å². The fraction of sp³-hybridized carbons (Fsp3) is 0.261. The summed E-state index contributed by atoms with van der Waals surface area (Å²) in [6, 6.07) is 8.22. The number of hydrogen-bond acceptors (Lipinski definition) is 7. The number of aromatic nitrogens is 4. The summed E-state index contributed by atoms with van der Waals surface area (Å²) in [5, 5.41) is 4.02. The van der Waals surface area contributed by atoms with Gasteiger partial charge < -0.3 is 4.90 Å². The Morgan fingerprint density at radius 3 is 2.75 bits per heavy atom. The third kappa shape index (κ3) is 4.37. The van der Waals surface area contributed by atoms with Crippen LogP contribution < -0.4 is 0 Å². The molecule has 0 unspecified atom stereocenters. The molecule has 1 amide bonds. The standard InChI is InChI=1S/C23H20BrN5OS2/c1-14-20(32-22(27-14)18-12-25-7-8-26-18)23(30)29-9-5-15(6-10-29)21-28-19(13-31-21)16-3-2-4-17(24)11-16/h2-4,7-8,11-13,15H,5-6,9-10H2,1H3. The van der Waals surface area contributed by atoms with Gasteiger partial charge in [0, 0.05) is 46.8 Å². The number of aryl methyl sites for hydroxylation is 1. The third-order valence-electron chi connectivity index (χ3n) is 5.55. The highest BCUT2D eigenvalue weighted by molar-refractivity contribution is 9.10. The van der Waals surface area contributed by atoms with E-state index >= 15 is 0 Å². The molecule has 3 aromatic heterocycles. The molecule has 0 bridgehead atoms. The van der Waals surface area contributed by atoms with Crippen molar-refractivity contribution in [2.45, 2.75) is 25.7 Å². The zero-order chi connectivity index (χ0) is 22.1. The van der Waals surface area contributed by atoms with E-state index < -0.39 is 0 Å². The van der Waals surface area contributed by atoms with E-state index in [-0.39, 0.29) is 5.91 Å². The van der Waals surface area contributed by atoms with Crippen molar-refractivity contribution in [3.8, 4) is 22.0 Å². The molecule has 4 aromatic rings. The molecule has 1 saturated heterocycles. The highest BCUT2D eigenvalue weighted by Gasteiger charge is 2.28. The van der Waals surface area contributed by atoms with Crippen LogP contribution in [0, 0.1) is 6.92 Å². The SMILES string of the molecule is Cc1nc(-c2cnccn2)sc1C(=O)N1CCC(c2nc(-c3cccc(Br)c3)cs2)CC1. The Morgan fingerprint density at radius 1 is 1.16 bits per heavy atom. The summed E-state index contributed by atoms with van der Waals surface area (Å²) in [6.07, 6.45) is 6.79. The number of likely N-dealkylation sites (tertiary alicyclic amines) is 1. The highest BCUT2D eigenvalue weighted by atomic mass is 79.9. The largest absolute Gasteiger partial charge is 0.338 e. The number of piperidine rings is 1. The minimum absolute atomic E-state index is 0.0579. The molecule has 9 heteroatoms. The molecule has 5 rings (SSSR count). The van der Waals surface area contributed by atoms with Crippen LogP contribution in [-0.2, 0) is 0 Å². The van der Waals surface area contributed by atoms with Gasteiger partial charge in [0.15, 0.2) is 0 Å². The van der Waals surface area contributed by atoms with Crippen molar-refractivity contribution in [2.75, 3.05) is 13.1 Å². The molecule has 0 radical (unpaired) electrons. The van der Waals surface area contributed by atoms with Crippen LogP contribution in [0.3, 0.4) is 0 Å². The number of carbonyl (C=O) groups excluding carboxylic acids is 1. The van der Waals surface area contributed by atoms with Gasteiger partial charge in [0.25, 0.3) is 5.91 Å². The van der Waals surface area contributed by atoms with Crippen molar-refractivity contribution < 1.29 is 4.79 Å². The smallest absolute Gasteiger partial charge is 0.265 e. The molecule has 1 aliphatic heterocycles. The van der Waals surface area contributed by atoms with Gasteiger partial charge in [-0.15, -0.1) is 22.7 Å². The number of thiazole rings is 2. The van der Waals surface area contributed by atoms with Crippen LogP contribution in [0.1, 0.15) is 39.1 Å². The van der Waals surface area contributed by atoms with Crippen molar-refractivity contribution in [2.24, 2.45) is 0 Å². The van der Waals surface area contributed by atoms with Crippen molar-refractivity contribution in [3.63, 3.8) is 0 Å². The number of nitrogens with zero attached hydrogens (tertiary/aromatic N) is 5. The van der Waals surface area contributed by atoms with Crippen LogP contribution in [0.2, 0.25) is 0 Å². The number of hydrogen-bond donors (Lipinski definition) is 0. The monoisotopic (exact) mass is 525 g/mol. The van der Waals surface area contributed by atoms with Gasteiger partial charge in [-0.25, -0.2) is 9.97 Å². The number of carbonyl (C=O) groups is 1. The van der Waals surface area contributed by atoms with E-state index in [0.717, 1.165) is 57.4 Å². The van der Waals surface area contributed by atoms with Gasteiger partial charge in [0.2, 0.25) is 0 Å². The summed E-state index contributed by atoms with van der Waals surface area (Å²) in [5.74, 6) is 0.449. The molecule has 0 aliphatic carbocycles. The molecular weight excluding hydrogens is 506 g/mol. The zero-order valence-electron chi connectivity index (χ0n) is 17.4. The van der Waals surface area contributed by atoms with Crippen LogP contribution in [-0.4, -0.2) is 43.8 Å². The van der Waals surface area contributed by atoms with Gasteiger partial charge in [0.1, 0.15) is 15.6 Å². The molecule has 4 heterocycles. The van der Waals surface area contributed by atoms with Crippen LogP contribution in [0.4, 0.5) is 0 Å². The minimum atomic E-state index is 0.0579. The number of benzene rings is 1. The zero-order valence-corrected chi connectivity index (χ0v) is 20.6. The lowest BCUT2D eigenvalue weighted by molar-refractivity contribution is 0.0717. The molecule has 1 fully saturated rings. The van der Waals surface area contributed by atoms with Crippen LogP contribution in [0.25, 0.3) is 22.0 Å². The first-order valence-corrected chi connectivity index (χ1v) is 12.8. The Balaban J connectivity index is 1.25. The second-order valence-electron chi connectivity index (χ2n) is 7.67. The first-order valence-electron chi connectivity index (χ1n) is 10.3. The molecule has 0 N–H and O–H groups in total. The van der Waals surface area contributed by atoms with Gasteiger partial charge in [-0.2, -0.15) is 0 Å². The van der Waals surface area contributed by atoms with E-state index in [0.29, 0.717) is 16.5 Å². The second kappa shape index (κ2) is 9.17. The lowest BCUT2D eigenvalue weighted by Gasteiger charge is -2.30. The van der Waals surface area contributed by atoms with Crippen LogP contribution >= 0.6 is 38.6 Å². The fourth-order valence-electron chi connectivity index (χ4n) is 3.84. The molecule has 6 nitrogen and oxygen atoms in total. The summed E-state index contributed by atoms with van der Waals surface area (Å²) in [5.41, 5.74) is 3.58. The van der Waals surface area contributed by atoms with E-state index in [9.17, 15) is 4.79 Å². The molecule has 0 saturated carbocycles. The van der Waals surface area contributed by atoms with Crippen molar-refractivity contribution in [1.82, 2.24) is 24.8 Å². The van der Waals surface area contributed by atoms with Crippen molar-refractivity contribution in [1.29, 1.82) is 0 Å². The number of halogens is 1. The average molecular weight is 526 g/mol. The Kier molecular flexibility index (Phi) is 6.12. The van der Waals surface area contributed by atoms with E-state index in [4.69, 9.17) is 4.98 Å². The molecule has 162 valence electrons. The molecule has 32 heavy (non-hydrogen) atoms. The van der Waals surface area contributed by atoms with Crippen LogP contribution in [0.15, 0.2) is 52.7 Å². The Bertz CT molecular complexity index is 1250. The second-order valence-corrected chi connectivity index (χ2v) is 10.5. The molecule has 0 atom stereocenters. The van der Waals surface area contributed by atoms with Crippen LogP contribution in [0.5, 0.6) is 0 Å².